The fourth-order valence-corrected chi connectivity index (χ4v) is 0.764. The average molecular weight is 109 g/mol. The van der Waals surface area contributed by atoms with Gasteiger partial charge in [0.2, 0.25) is 0 Å². The van der Waals surface area contributed by atoms with E-state index in [1.54, 1.807) is 0 Å². The third-order valence-corrected chi connectivity index (χ3v) is 1.51. The molecule has 1 unspecified atom stereocenters. The largest absolute Gasteiger partial charge is 0.100 e. The Balaban J connectivity index is 1.95. The molecule has 1 aliphatic rings. The van der Waals surface area contributed by atoms with Gasteiger partial charge < -0.3 is 0 Å². The maximum atomic E-state index is 3.84. The molecule has 0 N–H and O–H groups in total. The van der Waals surface area contributed by atoms with Crippen LogP contribution in [0.15, 0.2) is 12.2 Å². The molecule has 0 heterocycles. The molecule has 1 atom stereocenters. The van der Waals surface area contributed by atoms with Gasteiger partial charge in [0.1, 0.15) is 0 Å². The van der Waals surface area contributed by atoms with E-state index in [0.29, 0.717) is 0 Å². The summed E-state index contributed by atoms with van der Waals surface area (Å²) in [6.45, 7) is 5.94. The van der Waals surface area contributed by atoms with Gasteiger partial charge in [-0.1, -0.05) is 5.57 Å². The molecule has 0 saturated heterocycles. The van der Waals surface area contributed by atoms with Crippen LogP contribution in [0.25, 0.3) is 0 Å². The van der Waals surface area contributed by atoms with E-state index in [2.05, 4.69) is 19.9 Å². The number of hydrogen-bond donors (Lipinski definition) is 0. The number of rotatable bonds is 3. The highest BCUT2D eigenvalue weighted by Crippen LogP contribution is 2.32. The summed E-state index contributed by atoms with van der Waals surface area (Å²) in [4.78, 5) is 0. The lowest BCUT2D eigenvalue weighted by Gasteiger charge is -1.93. The lowest BCUT2D eigenvalue weighted by molar-refractivity contribution is 0.742. The lowest BCUT2D eigenvalue weighted by Crippen LogP contribution is -1.76. The Bertz CT molecular complexity index is 88.2. The SMILES string of the molecule is C=C(C)CCC1[CH]C1. The molecule has 0 aliphatic heterocycles. The Kier molecular flexibility index (Phi) is 1.72. The van der Waals surface area contributed by atoms with Gasteiger partial charge in [-0.25, -0.2) is 0 Å². The minimum absolute atomic E-state index is 0.951. The van der Waals surface area contributed by atoms with Gasteiger partial charge >= 0.3 is 0 Å². The maximum Gasteiger partial charge on any atom is -0.0323 e. The zero-order valence-electron chi connectivity index (χ0n) is 5.48. The molecule has 0 aromatic rings. The molecule has 1 aliphatic carbocycles. The molecule has 1 fully saturated rings. The zero-order valence-corrected chi connectivity index (χ0v) is 5.48. The molecule has 45 valence electrons. The zero-order chi connectivity index (χ0) is 5.98. The maximum absolute atomic E-state index is 3.84. The van der Waals surface area contributed by atoms with Crippen LogP contribution in [0.3, 0.4) is 0 Å². The fraction of sp³-hybridized carbons (Fsp3) is 0.625. The summed E-state index contributed by atoms with van der Waals surface area (Å²) < 4.78 is 0. The van der Waals surface area contributed by atoms with Crippen LogP contribution in [-0.4, -0.2) is 0 Å². The van der Waals surface area contributed by atoms with Crippen molar-refractivity contribution in [1.82, 2.24) is 0 Å². The summed E-state index contributed by atoms with van der Waals surface area (Å²) in [6.07, 6.45) is 6.28. The van der Waals surface area contributed by atoms with E-state index < -0.39 is 0 Å². The summed E-state index contributed by atoms with van der Waals surface area (Å²) in [7, 11) is 0. The van der Waals surface area contributed by atoms with Crippen LogP contribution in [0.4, 0.5) is 0 Å². The van der Waals surface area contributed by atoms with Gasteiger partial charge in [0.05, 0.1) is 0 Å². The fourth-order valence-electron chi connectivity index (χ4n) is 0.764. The van der Waals surface area contributed by atoms with Crippen LogP contribution < -0.4 is 0 Å². The highest BCUT2D eigenvalue weighted by molar-refractivity contribution is 4.98. The van der Waals surface area contributed by atoms with Crippen molar-refractivity contribution in [2.24, 2.45) is 5.92 Å². The molecule has 0 spiro atoms. The second-order valence-electron chi connectivity index (χ2n) is 2.73. The number of allylic oxidation sites excluding steroid dienone is 1. The van der Waals surface area contributed by atoms with E-state index in [4.69, 9.17) is 0 Å². The minimum Gasteiger partial charge on any atom is -0.100 e. The third kappa shape index (κ3) is 2.15. The molecular weight excluding hydrogens is 96.1 g/mol. The van der Waals surface area contributed by atoms with Crippen LogP contribution in [0, 0.1) is 12.3 Å². The Morgan fingerprint density at radius 3 is 2.88 bits per heavy atom. The summed E-state index contributed by atoms with van der Waals surface area (Å²) >= 11 is 0. The van der Waals surface area contributed by atoms with E-state index in [-0.39, 0.29) is 0 Å². The molecule has 0 nitrogen and oxygen atoms in total. The lowest BCUT2D eigenvalue weighted by atomic mass is 10.1. The van der Waals surface area contributed by atoms with Gasteiger partial charge in [-0.15, -0.1) is 6.58 Å². The molecule has 0 heteroatoms. The molecule has 8 heavy (non-hydrogen) atoms. The smallest absolute Gasteiger partial charge is 0.0323 e. The van der Waals surface area contributed by atoms with Gasteiger partial charge in [-0.2, -0.15) is 0 Å². The summed E-state index contributed by atoms with van der Waals surface area (Å²) in [5.41, 5.74) is 1.32. The first-order valence-corrected chi connectivity index (χ1v) is 3.27. The quantitative estimate of drug-likeness (QED) is 0.488. The van der Waals surface area contributed by atoms with E-state index >= 15 is 0 Å². The molecule has 0 amide bonds. The van der Waals surface area contributed by atoms with Gasteiger partial charge in [0.15, 0.2) is 0 Å². The molecular formula is C8H13. The van der Waals surface area contributed by atoms with Crippen molar-refractivity contribution >= 4 is 0 Å². The normalized spacial score (nSPS) is 18.6. The van der Waals surface area contributed by atoms with E-state index in [9.17, 15) is 0 Å². The van der Waals surface area contributed by atoms with Gasteiger partial charge in [0.25, 0.3) is 0 Å². The standard InChI is InChI=1S/C8H13/c1-7(2)3-4-8-5-6-8/h5,8H,1,3-4,6H2,2H3. The third-order valence-electron chi connectivity index (χ3n) is 1.51. The second-order valence-corrected chi connectivity index (χ2v) is 2.73. The van der Waals surface area contributed by atoms with Gasteiger partial charge in [-0.3, -0.25) is 0 Å². The summed E-state index contributed by atoms with van der Waals surface area (Å²) in [6, 6.07) is 0. The molecule has 0 bridgehead atoms. The highest BCUT2D eigenvalue weighted by atomic mass is 14.3. The highest BCUT2D eigenvalue weighted by Gasteiger charge is 2.20. The van der Waals surface area contributed by atoms with E-state index in [1.807, 2.05) is 0 Å². The first kappa shape index (κ1) is 5.87. The van der Waals surface area contributed by atoms with Crippen molar-refractivity contribution < 1.29 is 0 Å². The van der Waals surface area contributed by atoms with E-state index in [0.717, 1.165) is 5.92 Å². The van der Waals surface area contributed by atoms with Crippen molar-refractivity contribution in [2.45, 2.75) is 26.2 Å². The summed E-state index contributed by atoms with van der Waals surface area (Å²) in [5, 5.41) is 0. The first-order chi connectivity index (χ1) is 3.79. The predicted molar refractivity (Wildman–Crippen MR) is 36.5 cm³/mol. The Labute approximate surface area is 51.6 Å². The molecule has 1 radical (unpaired) electrons. The van der Waals surface area contributed by atoms with Crippen molar-refractivity contribution in [2.75, 3.05) is 0 Å². The Morgan fingerprint density at radius 1 is 1.88 bits per heavy atom. The second kappa shape index (κ2) is 2.34. The average Bonchev–Trinajstić information content (AvgIpc) is 2.41. The molecule has 0 aromatic carbocycles. The predicted octanol–water partition coefficient (Wildman–Crippen LogP) is 2.57. The Hall–Kier alpha value is -0.260. The van der Waals surface area contributed by atoms with Crippen molar-refractivity contribution in [3.05, 3.63) is 18.6 Å². The molecule has 0 aromatic heterocycles. The monoisotopic (exact) mass is 109 g/mol. The topological polar surface area (TPSA) is 0 Å². The van der Waals surface area contributed by atoms with Crippen molar-refractivity contribution in [1.29, 1.82) is 0 Å². The van der Waals surface area contributed by atoms with Crippen LogP contribution in [-0.2, 0) is 0 Å². The Morgan fingerprint density at radius 2 is 2.50 bits per heavy atom. The van der Waals surface area contributed by atoms with Crippen LogP contribution in [0.2, 0.25) is 0 Å². The van der Waals surface area contributed by atoms with Gasteiger partial charge in [0, 0.05) is 0 Å². The van der Waals surface area contributed by atoms with Crippen LogP contribution >= 0.6 is 0 Å². The van der Waals surface area contributed by atoms with E-state index in [1.165, 1.54) is 24.8 Å². The first-order valence-electron chi connectivity index (χ1n) is 3.27. The van der Waals surface area contributed by atoms with Crippen LogP contribution in [0.5, 0.6) is 0 Å². The molecule has 1 rings (SSSR count). The number of hydrogen-bond acceptors (Lipinski definition) is 0. The summed E-state index contributed by atoms with van der Waals surface area (Å²) in [5.74, 6) is 0.951. The van der Waals surface area contributed by atoms with Gasteiger partial charge in [-0.05, 0) is 38.5 Å². The van der Waals surface area contributed by atoms with Crippen molar-refractivity contribution in [3.8, 4) is 0 Å². The van der Waals surface area contributed by atoms with Crippen LogP contribution in [0.1, 0.15) is 26.2 Å². The minimum atomic E-state index is 0.951. The van der Waals surface area contributed by atoms with Crippen molar-refractivity contribution in [3.63, 3.8) is 0 Å². The molecule has 1 saturated carbocycles.